The van der Waals surface area contributed by atoms with Gasteiger partial charge in [-0.2, -0.15) is 0 Å². The maximum Gasteiger partial charge on any atom is 0.258 e. The van der Waals surface area contributed by atoms with E-state index in [1.54, 1.807) is 6.07 Å². The smallest absolute Gasteiger partial charge is 0.258 e. The van der Waals surface area contributed by atoms with Gasteiger partial charge in [0.05, 0.1) is 28.6 Å². The minimum atomic E-state index is -0.175. The third kappa shape index (κ3) is 2.34. The molecule has 0 bridgehead atoms. The number of hydrogen-bond donors (Lipinski definition) is 3. The highest BCUT2D eigenvalue weighted by Gasteiger charge is 2.27. The first kappa shape index (κ1) is 12.9. The van der Waals surface area contributed by atoms with Gasteiger partial charge >= 0.3 is 0 Å². The minimum Gasteiger partial charge on any atom is -0.397 e. The number of anilines is 2. The SMILES string of the molecule is CC1(Nc2cc3nc[nH]c(=O)c3cc2N)CCOCC1. The highest BCUT2D eigenvalue weighted by Crippen LogP contribution is 2.30. The first-order chi connectivity index (χ1) is 9.57. The number of aromatic nitrogens is 2. The van der Waals surface area contributed by atoms with Gasteiger partial charge in [0, 0.05) is 18.8 Å². The average Bonchev–Trinajstić information content (AvgIpc) is 2.41. The Labute approximate surface area is 116 Å². The van der Waals surface area contributed by atoms with E-state index in [9.17, 15) is 4.79 Å². The summed E-state index contributed by atoms with van der Waals surface area (Å²) in [6.07, 6.45) is 3.25. The van der Waals surface area contributed by atoms with Crippen molar-refractivity contribution in [3.05, 3.63) is 28.8 Å². The predicted molar refractivity (Wildman–Crippen MR) is 78.9 cm³/mol. The number of benzene rings is 1. The second-order valence-corrected chi connectivity index (χ2v) is 5.49. The fraction of sp³-hybridized carbons (Fsp3) is 0.429. The Morgan fingerprint density at radius 3 is 2.90 bits per heavy atom. The van der Waals surface area contributed by atoms with Crippen LogP contribution in [0.1, 0.15) is 19.8 Å². The van der Waals surface area contributed by atoms with Crippen LogP contribution in [0.2, 0.25) is 0 Å². The Balaban J connectivity index is 1.99. The summed E-state index contributed by atoms with van der Waals surface area (Å²) < 4.78 is 5.39. The number of fused-ring (bicyclic) bond motifs is 1. The van der Waals surface area contributed by atoms with Crippen molar-refractivity contribution in [1.82, 2.24) is 9.97 Å². The summed E-state index contributed by atoms with van der Waals surface area (Å²) >= 11 is 0. The van der Waals surface area contributed by atoms with Gasteiger partial charge in [-0.1, -0.05) is 0 Å². The molecule has 0 aliphatic carbocycles. The van der Waals surface area contributed by atoms with Gasteiger partial charge in [0.2, 0.25) is 0 Å². The van der Waals surface area contributed by atoms with E-state index in [1.807, 2.05) is 6.07 Å². The van der Waals surface area contributed by atoms with Crippen LogP contribution in [0.4, 0.5) is 11.4 Å². The molecule has 1 aromatic heterocycles. The van der Waals surface area contributed by atoms with Crippen LogP contribution in [0.15, 0.2) is 23.3 Å². The monoisotopic (exact) mass is 274 g/mol. The van der Waals surface area contributed by atoms with Crippen LogP contribution in [0, 0.1) is 0 Å². The van der Waals surface area contributed by atoms with Gasteiger partial charge < -0.3 is 20.8 Å². The lowest BCUT2D eigenvalue weighted by Crippen LogP contribution is -2.40. The number of rotatable bonds is 2. The second-order valence-electron chi connectivity index (χ2n) is 5.49. The predicted octanol–water partition coefficient (Wildman–Crippen LogP) is 1.49. The molecule has 0 spiro atoms. The summed E-state index contributed by atoms with van der Waals surface area (Å²) in [5, 5.41) is 3.99. The second kappa shape index (κ2) is 4.79. The molecule has 4 N–H and O–H groups in total. The molecule has 1 fully saturated rings. The van der Waals surface area contributed by atoms with Gasteiger partial charge in [-0.05, 0) is 31.9 Å². The third-order valence-electron chi connectivity index (χ3n) is 3.84. The van der Waals surface area contributed by atoms with E-state index in [0.29, 0.717) is 16.6 Å². The Bertz CT molecular complexity index is 689. The van der Waals surface area contributed by atoms with Gasteiger partial charge in [0.15, 0.2) is 0 Å². The lowest BCUT2D eigenvalue weighted by molar-refractivity contribution is 0.0658. The Hall–Kier alpha value is -2.08. The first-order valence-electron chi connectivity index (χ1n) is 6.70. The quantitative estimate of drug-likeness (QED) is 0.721. The highest BCUT2D eigenvalue weighted by molar-refractivity contribution is 5.88. The van der Waals surface area contributed by atoms with E-state index < -0.39 is 0 Å². The first-order valence-corrected chi connectivity index (χ1v) is 6.70. The van der Waals surface area contributed by atoms with Crippen molar-refractivity contribution in [2.24, 2.45) is 0 Å². The van der Waals surface area contributed by atoms with Crippen molar-refractivity contribution < 1.29 is 4.74 Å². The summed E-state index contributed by atoms with van der Waals surface area (Å²) in [6, 6.07) is 3.51. The molecule has 2 aromatic rings. The Morgan fingerprint density at radius 1 is 1.40 bits per heavy atom. The number of nitrogens with two attached hydrogens (primary N) is 1. The molecule has 0 saturated carbocycles. The van der Waals surface area contributed by atoms with Gasteiger partial charge in [-0.25, -0.2) is 4.98 Å². The molecule has 1 aromatic carbocycles. The van der Waals surface area contributed by atoms with E-state index in [2.05, 4.69) is 22.2 Å². The molecule has 0 amide bonds. The van der Waals surface area contributed by atoms with Crippen molar-refractivity contribution in [3.63, 3.8) is 0 Å². The Kier molecular flexibility index (Phi) is 3.10. The van der Waals surface area contributed by atoms with Gasteiger partial charge in [-0.15, -0.1) is 0 Å². The van der Waals surface area contributed by atoms with Crippen molar-refractivity contribution in [1.29, 1.82) is 0 Å². The van der Waals surface area contributed by atoms with Gasteiger partial charge in [0.25, 0.3) is 5.56 Å². The minimum absolute atomic E-state index is 0.0404. The maximum atomic E-state index is 11.7. The zero-order valence-electron chi connectivity index (χ0n) is 11.4. The number of H-pyrrole nitrogens is 1. The van der Waals surface area contributed by atoms with Crippen LogP contribution < -0.4 is 16.6 Å². The molecule has 0 unspecified atom stereocenters. The van der Waals surface area contributed by atoms with Crippen molar-refractivity contribution in [2.45, 2.75) is 25.3 Å². The summed E-state index contributed by atoms with van der Waals surface area (Å²) in [7, 11) is 0. The zero-order chi connectivity index (χ0) is 14.2. The lowest BCUT2D eigenvalue weighted by Gasteiger charge is -2.35. The normalized spacial score (nSPS) is 18.1. The molecular formula is C14H18N4O2. The maximum absolute atomic E-state index is 11.7. The van der Waals surface area contributed by atoms with E-state index in [0.717, 1.165) is 31.7 Å². The van der Waals surface area contributed by atoms with Crippen molar-refractivity contribution in [3.8, 4) is 0 Å². The van der Waals surface area contributed by atoms with Crippen LogP contribution >= 0.6 is 0 Å². The Morgan fingerprint density at radius 2 is 2.15 bits per heavy atom. The van der Waals surface area contributed by atoms with Crippen LogP contribution in [0.25, 0.3) is 10.9 Å². The zero-order valence-corrected chi connectivity index (χ0v) is 11.4. The molecule has 3 rings (SSSR count). The average molecular weight is 274 g/mol. The largest absolute Gasteiger partial charge is 0.397 e. The number of nitrogens with zero attached hydrogens (tertiary/aromatic N) is 1. The summed E-state index contributed by atoms with van der Waals surface area (Å²) in [6.45, 7) is 3.65. The number of aromatic amines is 1. The fourth-order valence-electron chi connectivity index (χ4n) is 2.51. The molecule has 20 heavy (non-hydrogen) atoms. The third-order valence-corrected chi connectivity index (χ3v) is 3.84. The van der Waals surface area contributed by atoms with Gasteiger partial charge in [-0.3, -0.25) is 4.79 Å². The van der Waals surface area contributed by atoms with Crippen molar-refractivity contribution >= 4 is 22.3 Å². The van der Waals surface area contributed by atoms with Crippen LogP contribution in [0.5, 0.6) is 0 Å². The molecule has 1 saturated heterocycles. The standard InChI is InChI=1S/C14H18N4O2/c1-14(2-4-20-5-3-14)18-12-7-11-9(6-10(12)15)13(19)17-8-16-11/h6-8,18H,2-5,15H2,1H3,(H,16,17,19). The number of nitrogens with one attached hydrogen (secondary N) is 2. The van der Waals surface area contributed by atoms with E-state index in [1.165, 1.54) is 6.33 Å². The molecule has 1 aliphatic rings. The van der Waals surface area contributed by atoms with Crippen LogP contribution in [-0.4, -0.2) is 28.7 Å². The van der Waals surface area contributed by atoms with E-state index in [-0.39, 0.29) is 11.1 Å². The summed E-state index contributed by atoms with van der Waals surface area (Å²) in [5.74, 6) is 0. The number of ether oxygens (including phenoxy) is 1. The van der Waals surface area contributed by atoms with E-state index in [4.69, 9.17) is 10.5 Å². The lowest BCUT2D eigenvalue weighted by atomic mass is 9.92. The van der Waals surface area contributed by atoms with Gasteiger partial charge in [0.1, 0.15) is 0 Å². The molecule has 106 valence electrons. The summed E-state index contributed by atoms with van der Waals surface area (Å²) in [4.78, 5) is 18.4. The molecule has 2 heterocycles. The van der Waals surface area contributed by atoms with E-state index >= 15 is 0 Å². The molecule has 0 radical (unpaired) electrons. The van der Waals surface area contributed by atoms with Crippen LogP contribution in [0.3, 0.4) is 0 Å². The molecule has 0 atom stereocenters. The van der Waals surface area contributed by atoms with Crippen molar-refractivity contribution in [2.75, 3.05) is 24.3 Å². The molecular weight excluding hydrogens is 256 g/mol. The molecule has 6 heteroatoms. The topological polar surface area (TPSA) is 93.0 Å². The molecule has 1 aliphatic heterocycles. The number of nitrogen functional groups attached to an aromatic ring is 1. The molecule has 6 nitrogen and oxygen atoms in total. The summed E-state index contributed by atoms with van der Waals surface area (Å²) in [5.41, 5.74) is 7.86. The fourth-order valence-corrected chi connectivity index (χ4v) is 2.51. The van der Waals surface area contributed by atoms with Crippen LogP contribution in [-0.2, 0) is 4.74 Å². The highest BCUT2D eigenvalue weighted by atomic mass is 16.5. The number of hydrogen-bond acceptors (Lipinski definition) is 5.